The molecule has 3 rings (SSSR count). The predicted octanol–water partition coefficient (Wildman–Crippen LogP) is 4.52. The van der Waals surface area contributed by atoms with E-state index in [4.69, 9.17) is 16.3 Å². The first-order valence-electron chi connectivity index (χ1n) is 5.99. The van der Waals surface area contributed by atoms with Crippen molar-refractivity contribution in [2.75, 3.05) is 7.11 Å². The molecule has 0 saturated heterocycles. The molecule has 0 amide bonds. The lowest BCUT2D eigenvalue weighted by Gasteiger charge is -1.96. The van der Waals surface area contributed by atoms with E-state index in [1.165, 1.54) is 0 Å². The van der Waals surface area contributed by atoms with Gasteiger partial charge in [0.1, 0.15) is 15.9 Å². The average Bonchev–Trinajstić information content (AvgIpc) is 2.88. The highest BCUT2D eigenvalue weighted by Crippen LogP contribution is 2.27. The summed E-state index contributed by atoms with van der Waals surface area (Å²) in [4.78, 5) is 8.58. The number of rotatable bonds is 3. The molecule has 5 heteroatoms. The van der Waals surface area contributed by atoms with Gasteiger partial charge in [0.05, 0.1) is 17.3 Å². The first kappa shape index (κ1) is 13.1. The van der Waals surface area contributed by atoms with Gasteiger partial charge in [-0.05, 0) is 36.4 Å². The summed E-state index contributed by atoms with van der Waals surface area (Å²) in [5.41, 5.74) is 1.85. The molecule has 0 saturated carbocycles. The molecule has 0 bridgehead atoms. The molecular formula is C15H11ClN2OS. The zero-order valence-corrected chi connectivity index (χ0v) is 12.3. The fraction of sp³-hybridized carbons (Fsp3) is 0.0667. The summed E-state index contributed by atoms with van der Waals surface area (Å²) in [7, 11) is 1.66. The summed E-state index contributed by atoms with van der Waals surface area (Å²) in [6.45, 7) is 0. The SMILES string of the molecule is COc1ccc2nc(/C=C\c3cccnc3Cl)sc2c1. The van der Waals surface area contributed by atoms with E-state index in [2.05, 4.69) is 9.97 Å². The van der Waals surface area contributed by atoms with Crippen molar-refractivity contribution in [2.45, 2.75) is 0 Å². The van der Waals surface area contributed by atoms with E-state index in [-0.39, 0.29) is 0 Å². The third kappa shape index (κ3) is 2.66. The summed E-state index contributed by atoms with van der Waals surface area (Å²) < 4.78 is 6.31. The van der Waals surface area contributed by atoms with Crippen LogP contribution >= 0.6 is 22.9 Å². The van der Waals surface area contributed by atoms with Crippen LogP contribution in [0.15, 0.2) is 36.5 Å². The van der Waals surface area contributed by atoms with E-state index in [1.807, 2.05) is 42.5 Å². The van der Waals surface area contributed by atoms with Crippen molar-refractivity contribution < 1.29 is 4.74 Å². The van der Waals surface area contributed by atoms with Crippen LogP contribution in [-0.4, -0.2) is 17.1 Å². The van der Waals surface area contributed by atoms with Gasteiger partial charge in [0, 0.05) is 11.8 Å². The van der Waals surface area contributed by atoms with Crippen molar-refractivity contribution in [3.63, 3.8) is 0 Å². The van der Waals surface area contributed by atoms with Gasteiger partial charge in [0.2, 0.25) is 0 Å². The Bertz CT molecular complexity index is 782. The Kier molecular flexibility index (Phi) is 3.67. The van der Waals surface area contributed by atoms with E-state index in [0.717, 1.165) is 26.5 Å². The maximum absolute atomic E-state index is 6.01. The normalized spacial score (nSPS) is 11.3. The van der Waals surface area contributed by atoms with Crippen LogP contribution in [0.1, 0.15) is 10.6 Å². The lowest BCUT2D eigenvalue weighted by molar-refractivity contribution is 0.415. The van der Waals surface area contributed by atoms with Gasteiger partial charge in [-0.25, -0.2) is 9.97 Å². The summed E-state index contributed by atoms with van der Waals surface area (Å²) in [5.74, 6) is 0.840. The Labute approximate surface area is 125 Å². The van der Waals surface area contributed by atoms with Gasteiger partial charge >= 0.3 is 0 Å². The largest absolute Gasteiger partial charge is 0.497 e. The highest BCUT2D eigenvalue weighted by atomic mass is 35.5. The van der Waals surface area contributed by atoms with Crippen LogP contribution in [0.5, 0.6) is 5.75 Å². The molecule has 0 aliphatic rings. The minimum atomic E-state index is 0.492. The van der Waals surface area contributed by atoms with Crippen LogP contribution in [0.3, 0.4) is 0 Å². The molecule has 0 radical (unpaired) electrons. The van der Waals surface area contributed by atoms with Crippen LogP contribution in [0.25, 0.3) is 22.4 Å². The van der Waals surface area contributed by atoms with Crippen molar-refractivity contribution in [3.8, 4) is 5.75 Å². The molecule has 0 aliphatic heterocycles. The Morgan fingerprint density at radius 3 is 2.95 bits per heavy atom. The number of ether oxygens (including phenoxy) is 1. The maximum Gasteiger partial charge on any atom is 0.136 e. The average molecular weight is 303 g/mol. The number of benzene rings is 1. The summed E-state index contributed by atoms with van der Waals surface area (Å²) in [6, 6.07) is 9.63. The lowest BCUT2D eigenvalue weighted by atomic mass is 10.2. The molecule has 3 nitrogen and oxygen atoms in total. The standard InChI is InChI=1S/C15H11ClN2OS/c1-19-11-5-6-12-13(9-11)20-14(18-12)7-4-10-3-2-8-17-15(10)16/h2-9H,1H3/b7-4-. The van der Waals surface area contributed by atoms with Gasteiger partial charge in [-0.1, -0.05) is 17.7 Å². The molecular weight excluding hydrogens is 292 g/mol. The van der Waals surface area contributed by atoms with Gasteiger partial charge in [0.15, 0.2) is 0 Å². The number of hydrogen-bond acceptors (Lipinski definition) is 4. The molecule has 0 atom stereocenters. The Morgan fingerprint density at radius 1 is 1.25 bits per heavy atom. The van der Waals surface area contributed by atoms with E-state index in [0.29, 0.717) is 5.15 Å². The minimum absolute atomic E-state index is 0.492. The second-order valence-electron chi connectivity index (χ2n) is 4.10. The minimum Gasteiger partial charge on any atom is -0.497 e. The van der Waals surface area contributed by atoms with E-state index in [1.54, 1.807) is 24.6 Å². The molecule has 2 aromatic heterocycles. The molecule has 20 heavy (non-hydrogen) atoms. The van der Waals surface area contributed by atoms with E-state index < -0.39 is 0 Å². The first-order chi connectivity index (χ1) is 9.76. The number of pyridine rings is 1. The summed E-state index contributed by atoms with van der Waals surface area (Å²) in [6.07, 6.45) is 5.54. The number of fused-ring (bicyclic) bond motifs is 1. The van der Waals surface area contributed by atoms with Gasteiger partial charge in [-0.2, -0.15) is 0 Å². The monoisotopic (exact) mass is 302 g/mol. The molecule has 1 aromatic carbocycles. The maximum atomic E-state index is 6.01. The molecule has 2 heterocycles. The highest BCUT2D eigenvalue weighted by molar-refractivity contribution is 7.19. The van der Waals surface area contributed by atoms with Gasteiger partial charge in [-0.3, -0.25) is 0 Å². The van der Waals surface area contributed by atoms with Crippen molar-refractivity contribution in [3.05, 3.63) is 52.3 Å². The number of thiazole rings is 1. The topological polar surface area (TPSA) is 35.0 Å². The summed E-state index contributed by atoms with van der Waals surface area (Å²) in [5, 5.41) is 1.42. The van der Waals surface area contributed by atoms with Crippen LogP contribution in [-0.2, 0) is 0 Å². The molecule has 3 aromatic rings. The Hall–Kier alpha value is -1.91. The molecule has 0 N–H and O–H groups in total. The third-order valence-corrected chi connectivity index (χ3v) is 4.10. The molecule has 0 spiro atoms. The lowest BCUT2D eigenvalue weighted by Crippen LogP contribution is -1.80. The zero-order valence-electron chi connectivity index (χ0n) is 10.7. The van der Waals surface area contributed by atoms with Crippen molar-refractivity contribution in [2.24, 2.45) is 0 Å². The predicted molar refractivity (Wildman–Crippen MR) is 84.3 cm³/mol. The van der Waals surface area contributed by atoms with Crippen molar-refractivity contribution in [1.82, 2.24) is 9.97 Å². The van der Waals surface area contributed by atoms with Gasteiger partial charge in [-0.15, -0.1) is 11.3 Å². The van der Waals surface area contributed by atoms with E-state index in [9.17, 15) is 0 Å². The molecule has 0 fully saturated rings. The third-order valence-electron chi connectivity index (χ3n) is 2.81. The van der Waals surface area contributed by atoms with Gasteiger partial charge < -0.3 is 4.74 Å². The number of halogens is 1. The second-order valence-corrected chi connectivity index (χ2v) is 5.52. The number of nitrogens with zero attached hydrogens (tertiary/aromatic N) is 2. The van der Waals surface area contributed by atoms with E-state index >= 15 is 0 Å². The number of aromatic nitrogens is 2. The highest BCUT2D eigenvalue weighted by Gasteiger charge is 2.03. The van der Waals surface area contributed by atoms with Crippen LogP contribution in [0, 0.1) is 0 Å². The van der Waals surface area contributed by atoms with Crippen LogP contribution in [0.2, 0.25) is 5.15 Å². The second kappa shape index (κ2) is 5.61. The van der Waals surface area contributed by atoms with Crippen LogP contribution < -0.4 is 4.74 Å². The Balaban J connectivity index is 1.93. The molecule has 0 aliphatic carbocycles. The number of methoxy groups -OCH3 is 1. The van der Waals surface area contributed by atoms with Crippen LogP contribution in [0.4, 0.5) is 0 Å². The van der Waals surface area contributed by atoms with Crippen molar-refractivity contribution in [1.29, 1.82) is 0 Å². The van der Waals surface area contributed by atoms with Gasteiger partial charge in [0.25, 0.3) is 0 Å². The molecule has 100 valence electrons. The smallest absolute Gasteiger partial charge is 0.136 e. The Morgan fingerprint density at radius 2 is 2.15 bits per heavy atom. The summed E-state index contributed by atoms with van der Waals surface area (Å²) >= 11 is 7.62. The number of hydrogen-bond donors (Lipinski definition) is 0. The quantitative estimate of drug-likeness (QED) is 0.667. The van der Waals surface area contributed by atoms with Crippen molar-refractivity contribution >= 4 is 45.3 Å². The zero-order chi connectivity index (χ0) is 13.9. The first-order valence-corrected chi connectivity index (χ1v) is 7.19. The molecule has 0 unspecified atom stereocenters. The fourth-order valence-electron chi connectivity index (χ4n) is 1.80. The fourth-order valence-corrected chi connectivity index (χ4v) is 2.89.